The first-order valence-electron chi connectivity index (χ1n) is 5.05. The zero-order chi connectivity index (χ0) is 12.0. The lowest BCUT2D eigenvalue weighted by molar-refractivity contribution is -0.304. The van der Waals surface area contributed by atoms with Crippen molar-refractivity contribution in [2.75, 3.05) is 6.61 Å². The van der Waals surface area contributed by atoms with Gasteiger partial charge in [-0.25, -0.2) is 0 Å². The Morgan fingerprint density at radius 3 is 2.44 bits per heavy atom. The van der Waals surface area contributed by atoms with E-state index in [-0.39, 0.29) is 18.8 Å². The van der Waals surface area contributed by atoms with Crippen LogP contribution in [0.15, 0.2) is 24.3 Å². The molecule has 0 amide bonds. The van der Waals surface area contributed by atoms with Crippen molar-refractivity contribution < 1.29 is 19.4 Å². The summed E-state index contributed by atoms with van der Waals surface area (Å²) in [5.41, 5.74) is 1.37. The minimum atomic E-state index is -1.13. The van der Waals surface area contributed by atoms with Crippen molar-refractivity contribution in [1.29, 1.82) is 0 Å². The molecular formula is C12H13O4-. The van der Waals surface area contributed by atoms with Crippen LogP contribution in [0.1, 0.15) is 18.1 Å². The Morgan fingerprint density at radius 1 is 1.25 bits per heavy atom. The summed E-state index contributed by atoms with van der Waals surface area (Å²) in [4.78, 5) is 21.6. The number of aliphatic carboxylic acids is 1. The molecule has 0 saturated carbocycles. The standard InChI is InChI=1S/C12H14O4/c1-2-16-12(15)8-10-5-3-4-9(6-10)7-11(13)14/h3-6H,2,7-8H2,1H3,(H,13,14)/p-1. The number of ether oxygens (including phenoxy) is 1. The third kappa shape index (κ3) is 4.13. The molecule has 4 heteroatoms. The van der Waals surface area contributed by atoms with Crippen molar-refractivity contribution in [2.24, 2.45) is 0 Å². The zero-order valence-corrected chi connectivity index (χ0v) is 9.06. The summed E-state index contributed by atoms with van der Waals surface area (Å²) in [7, 11) is 0. The molecule has 16 heavy (non-hydrogen) atoms. The lowest BCUT2D eigenvalue weighted by Gasteiger charge is -2.05. The van der Waals surface area contributed by atoms with E-state index < -0.39 is 5.97 Å². The van der Waals surface area contributed by atoms with E-state index >= 15 is 0 Å². The van der Waals surface area contributed by atoms with Gasteiger partial charge in [0.1, 0.15) is 0 Å². The van der Waals surface area contributed by atoms with Gasteiger partial charge in [-0.2, -0.15) is 0 Å². The summed E-state index contributed by atoms with van der Waals surface area (Å²) >= 11 is 0. The van der Waals surface area contributed by atoms with E-state index in [1.54, 1.807) is 31.2 Å². The first-order chi connectivity index (χ1) is 7.61. The largest absolute Gasteiger partial charge is 0.550 e. The number of benzene rings is 1. The highest BCUT2D eigenvalue weighted by Crippen LogP contribution is 2.07. The van der Waals surface area contributed by atoms with Crippen LogP contribution in [0.5, 0.6) is 0 Å². The summed E-state index contributed by atoms with van der Waals surface area (Å²) in [5.74, 6) is -1.44. The number of hydrogen-bond donors (Lipinski definition) is 0. The molecule has 0 heterocycles. The van der Waals surface area contributed by atoms with Crippen LogP contribution < -0.4 is 5.11 Å². The molecular weight excluding hydrogens is 208 g/mol. The molecule has 1 rings (SSSR count). The molecule has 0 aliphatic rings. The molecule has 0 atom stereocenters. The summed E-state index contributed by atoms with van der Waals surface area (Å²) in [5, 5.41) is 10.4. The van der Waals surface area contributed by atoms with Crippen LogP contribution in [0.25, 0.3) is 0 Å². The average Bonchev–Trinajstić information content (AvgIpc) is 2.17. The van der Waals surface area contributed by atoms with E-state index in [9.17, 15) is 14.7 Å². The van der Waals surface area contributed by atoms with Gasteiger partial charge < -0.3 is 14.6 Å². The smallest absolute Gasteiger partial charge is 0.310 e. The Kier molecular flexibility index (Phi) is 4.51. The van der Waals surface area contributed by atoms with Crippen LogP contribution in [-0.2, 0) is 27.2 Å². The summed E-state index contributed by atoms with van der Waals surface area (Å²) < 4.78 is 4.80. The number of carbonyl (C=O) groups is 2. The molecule has 0 unspecified atom stereocenters. The number of rotatable bonds is 5. The second-order valence-corrected chi connectivity index (χ2v) is 3.35. The van der Waals surface area contributed by atoms with Crippen molar-refractivity contribution in [3.8, 4) is 0 Å². The maximum absolute atomic E-state index is 11.2. The SMILES string of the molecule is CCOC(=O)Cc1cccc(CC(=O)[O-])c1. The lowest BCUT2D eigenvalue weighted by atomic mass is 10.1. The molecule has 0 fully saturated rings. The monoisotopic (exact) mass is 221 g/mol. The van der Waals surface area contributed by atoms with E-state index in [4.69, 9.17) is 4.74 Å². The van der Waals surface area contributed by atoms with E-state index in [2.05, 4.69) is 0 Å². The fourth-order valence-electron chi connectivity index (χ4n) is 1.39. The lowest BCUT2D eigenvalue weighted by Crippen LogP contribution is -2.24. The first kappa shape index (κ1) is 12.2. The third-order valence-corrected chi connectivity index (χ3v) is 1.99. The minimum absolute atomic E-state index is 0.142. The van der Waals surface area contributed by atoms with Crippen LogP contribution in [0.4, 0.5) is 0 Å². The van der Waals surface area contributed by atoms with Gasteiger partial charge in [-0.15, -0.1) is 0 Å². The Balaban J connectivity index is 2.67. The topological polar surface area (TPSA) is 66.4 Å². The number of carboxylic acids is 1. The number of carbonyl (C=O) groups excluding carboxylic acids is 2. The molecule has 1 aromatic rings. The Hall–Kier alpha value is -1.84. The molecule has 0 spiro atoms. The van der Waals surface area contributed by atoms with Crippen molar-refractivity contribution in [3.05, 3.63) is 35.4 Å². The van der Waals surface area contributed by atoms with E-state index in [0.29, 0.717) is 12.2 Å². The van der Waals surface area contributed by atoms with Gasteiger partial charge >= 0.3 is 5.97 Å². The Bertz CT molecular complexity index is 384. The molecule has 0 N–H and O–H groups in total. The highest BCUT2D eigenvalue weighted by molar-refractivity contribution is 5.73. The summed E-state index contributed by atoms with van der Waals surface area (Å²) in [6, 6.07) is 6.83. The molecule has 86 valence electrons. The fraction of sp³-hybridized carbons (Fsp3) is 0.333. The molecule has 1 aromatic carbocycles. The maximum atomic E-state index is 11.2. The van der Waals surface area contributed by atoms with Gasteiger partial charge in [-0.05, 0) is 18.1 Å². The van der Waals surface area contributed by atoms with Crippen molar-refractivity contribution in [3.63, 3.8) is 0 Å². The van der Waals surface area contributed by atoms with E-state index in [0.717, 1.165) is 5.56 Å². The molecule has 0 aromatic heterocycles. The molecule has 0 bridgehead atoms. The van der Waals surface area contributed by atoms with Gasteiger partial charge in [0.2, 0.25) is 0 Å². The van der Waals surface area contributed by atoms with E-state index in [1.807, 2.05) is 0 Å². The molecule has 4 nitrogen and oxygen atoms in total. The third-order valence-electron chi connectivity index (χ3n) is 1.99. The summed E-state index contributed by atoms with van der Waals surface area (Å²) in [6.07, 6.45) is 0.0192. The average molecular weight is 221 g/mol. The van der Waals surface area contributed by atoms with Crippen molar-refractivity contribution >= 4 is 11.9 Å². The van der Waals surface area contributed by atoms with Gasteiger partial charge in [-0.1, -0.05) is 24.3 Å². The highest BCUT2D eigenvalue weighted by Gasteiger charge is 2.04. The van der Waals surface area contributed by atoms with Crippen LogP contribution in [0.2, 0.25) is 0 Å². The molecule has 0 aliphatic carbocycles. The highest BCUT2D eigenvalue weighted by atomic mass is 16.5. The summed E-state index contributed by atoms with van der Waals surface area (Å²) in [6.45, 7) is 2.09. The number of carboxylic acid groups (broad SMARTS) is 1. The molecule has 0 aliphatic heterocycles. The second kappa shape index (κ2) is 5.90. The van der Waals surface area contributed by atoms with Crippen molar-refractivity contribution in [2.45, 2.75) is 19.8 Å². The van der Waals surface area contributed by atoms with Crippen LogP contribution in [-0.4, -0.2) is 18.5 Å². The van der Waals surface area contributed by atoms with Gasteiger partial charge in [-0.3, -0.25) is 4.79 Å². The van der Waals surface area contributed by atoms with Gasteiger partial charge in [0, 0.05) is 12.4 Å². The first-order valence-corrected chi connectivity index (χ1v) is 5.05. The van der Waals surface area contributed by atoms with Gasteiger partial charge in [0.15, 0.2) is 0 Å². The normalized spacial score (nSPS) is 9.81. The molecule has 0 radical (unpaired) electrons. The van der Waals surface area contributed by atoms with Crippen molar-refractivity contribution in [1.82, 2.24) is 0 Å². The minimum Gasteiger partial charge on any atom is -0.550 e. The fourth-order valence-corrected chi connectivity index (χ4v) is 1.39. The second-order valence-electron chi connectivity index (χ2n) is 3.35. The number of hydrogen-bond acceptors (Lipinski definition) is 4. The Morgan fingerprint density at radius 2 is 1.88 bits per heavy atom. The van der Waals surface area contributed by atoms with Crippen LogP contribution in [0.3, 0.4) is 0 Å². The maximum Gasteiger partial charge on any atom is 0.310 e. The molecule has 0 saturated heterocycles. The Labute approximate surface area is 93.9 Å². The van der Waals surface area contributed by atoms with Crippen LogP contribution >= 0.6 is 0 Å². The number of esters is 1. The zero-order valence-electron chi connectivity index (χ0n) is 9.06. The predicted molar refractivity (Wildman–Crippen MR) is 55.5 cm³/mol. The quantitative estimate of drug-likeness (QED) is 0.661. The van der Waals surface area contributed by atoms with Gasteiger partial charge in [0.05, 0.1) is 13.0 Å². The van der Waals surface area contributed by atoms with Crippen LogP contribution in [0, 0.1) is 0 Å². The predicted octanol–water partition coefficient (Wildman–Crippen LogP) is 0.0846. The van der Waals surface area contributed by atoms with Gasteiger partial charge in [0.25, 0.3) is 0 Å². The van der Waals surface area contributed by atoms with E-state index in [1.165, 1.54) is 0 Å².